The van der Waals surface area contributed by atoms with Crippen LogP contribution in [-0.4, -0.2) is 27.4 Å². The molecule has 0 saturated heterocycles. The Morgan fingerprint density at radius 1 is 1.00 bits per heavy atom. The second kappa shape index (κ2) is 7.02. The van der Waals surface area contributed by atoms with Gasteiger partial charge in [0.25, 0.3) is 9.28 Å². The van der Waals surface area contributed by atoms with Crippen LogP contribution in [0.2, 0.25) is 32.2 Å². The molecule has 0 fully saturated rings. The van der Waals surface area contributed by atoms with Crippen LogP contribution >= 0.6 is 0 Å². The highest BCUT2D eigenvalue weighted by Crippen LogP contribution is 2.02. The fourth-order valence-electron chi connectivity index (χ4n) is 1.22. The Bertz CT molecular complexity index is 111. The Kier molecular flexibility index (Phi) is 7.35. The third kappa shape index (κ3) is 7.23. The average Bonchev–Trinajstić information content (AvgIpc) is 1.84. The van der Waals surface area contributed by atoms with Crippen LogP contribution in [0.5, 0.6) is 0 Å². The van der Waals surface area contributed by atoms with Crippen molar-refractivity contribution < 1.29 is 8.23 Å². The van der Waals surface area contributed by atoms with Crippen molar-refractivity contribution in [2.24, 2.45) is 0 Å². The monoisotopic (exact) mass is 222 g/mol. The first-order valence-electron chi connectivity index (χ1n) is 4.87. The summed E-state index contributed by atoms with van der Waals surface area (Å²) >= 11 is 0. The molecule has 5 heteroatoms. The van der Waals surface area contributed by atoms with Gasteiger partial charge in [0, 0.05) is 0 Å². The molecule has 0 aromatic heterocycles. The molecule has 2 atom stereocenters. The maximum Gasteiger partial charge on any atom is 0.297 e. The minimum atomic E-state index is -1.23. The van der Waals surface area contributed by atoms with E-state index in [2.05, 4.69) is 33.1 Å². The van der Waals surface area contributed by atoms with Crippen LogP contribution in [0, 0.1) is 0 Å². The molecule has 12 heavy (non-hydrogen) atoms. The van der Waals surface area contributed by atoms with Crippen LogP contribution in [0.25, 0.3) is 0 Å². The van der Waals surface area contributed by atoms with Crippen molar-refractivity contribution in [1.29, 1.82) is 0 Å². The molecule has 2 unspecified atom stereocenters. The lowest BCUT2D eigenvalue weighted by molar-refractivity contribution is 0.445. The van der Waals surface area contributed by atoms with Gasteiger partial charge in [-0.3, -0.25) is 0 Å². The molecule has 2 nitrogen and oxygen atoms in total. The SMILES string of the molecule is CCC[SiH](C)O[SiH](C)O[SiH](C)C. The quantitative estimate of drug-likeness (QED) is 0.636. The molecule has 0 aromatic carbocycles. The van der Waals surface area contributed by atoms with Gasteiger partial charge in [-0.2, -0.15) is 0 Å². The summed E-state index contributed by atoms with van der Waals surface area (Å²) in [6.45, 7) is 11.1. The van der Waals surface area contributed by atoms with E-state index in [4.69, 9.17) is 8.23 Å². The van der Waals surface area contributed by atoms with Gasteiger partial charge in [-0.05, 0) is 32.2 Å². The van der Waals surface area contributed by atoms with E-state index in [-0.39, 0.29) is 0 Å². The molecule has 74 valence electrons. The minimum Gasteiger partial charge on any atom is -0.442 e. The van der Waals surface area contributed by atoms with Gasteiger partial charge in [-0.15, -0.1) is 0 Å². The third-order valence-electron chi connectivity index (χ3n) is 1.58. The average molecular weight is 223 g/mol. The van der Waals surface area contributed by atoms with E-state index in [1.165, 1.54) is 12.5 Å². The van der Waals surface area contributed by atoms with E-state index in [9.17, 15) is 0 Å². The Hall–Kier alpha value is 0.571. The lowest BCUT2D eigenvalue weighted by Gasteiger charge is -2.19. The van der Waals surface area contributed by atoms with Gasteiger partial charge >= 0.3 is 0 Å². The van der Waals surface area contributed by atoms with E-state index < -0.39 is 27.4 Å². The molecule has 0 aliphatic heterocycles. The number of rotatable bonds is 6. The Morgan fingerprint density at radius 2 is 1.58 bits per heavy atom. The zero-order chi connectivity index (χ0) is 9.56. The Balaban J connectivity index is 3.46. The van der Waals surface area contributed by atoms with E-state index in [1.807, 2.05) is 0 Å². The third-order valence-corrected chi connectivity index (χ3v) is 10.1. The molecule has 0 aromatic rings. The molecule has 0 aliphatic carbocycles. The van der Waals surface area contributed by atoms with E-state index in [0.29, 0.717) is 0 Å². The Labute approximate surface area is 81.6 Å². The summed E-state index contributed by atoms with van der Waals surface area (Å²) < 4.78 is 11.6. The smallest absolute Gasteiger partial charge is 0.297 e. The van der Waals surface area contributed by atoms with E-state index >= 15 is 0 Å². The second-order valence-corrected chi connectivity index (χ2v) is 11.1. The first kappa shape index (κ1) is 12.6. The van der Waals surface area contributed by atoms with Gasteiger partial charge in [-0.25, -0.2) is 0 Å². The zero-order valence-corrected chi connectivity index (χ0v) is 12.4. The fourth-order valence-corrected chi connectivity index (χ4v) is 9.09. The summed E-state index contributed by atoms with van der Waals surface area (Å²) in [7, 11) is -2.93. The summed E-state index contributed by atoms with van der Waals surface area (Å²) in [5, 5.41) is 0. The molecule has 0 saturated carbocycles. The molecule has 0 bridgehead atoms. The van der Waals surface area contributed by atoms with Crippen molar-refractivity contribution in [3.05, 3.63) is 0 Å². The summed E-state index contributed by atoms with van der Waals surface area (Å²) in [6, 6.07) is 1.29. The van der Waals surface area contributed by atoms with Crippen LogP contribution in [0.15, 0.2) is 0 Å². The van der Waals surface area contributed by atoms with Crippen molar-refractivity contribution >= 4 is 27.4 Å². The molecular weight excluding hydrogens is 200 g/mol. The summed E-state index contributed by atoms with van der Waals surface area (Å²) in [5.74, 6) is 0. The van der Waals surface area contributed by atoms with Gasteiger partial charge in [0.15, 0.2) is 18.1 Å². The van der Waals surface area contributed by atoms with Crippen molar-refractivity contribution in [3.63, 3.8) is 0 Å². The predicted octanol–water partition coefficient (Wildman–Crippen LogP) is 1.62. The highest BCUT2D eigenvalue weighted by atomic mass is 28.4. The molecule has 0 heterocycles. The number of hydrogen-bond acceptors (Lipinski definition) is 2. The highest BCUT2D eigenvalue weighted by molar-refractivity contribution is 6.67. The van der Waals surface area contributed by atoms with Crippen LogP contribution in [-0.2, 0) is 8.23 Å². The lowest BCUT2D eigenvalue weighted by Crippen LogP contribution is -2.30. The van der Waals surface area contributed by atoms with Gasteiger partial charge in [0.2, 0.25) is 0 Å². The summed E-state index contributed by atoms with van der Waals surface area (Å²) in [4.78, 5) is 0. The van der Waals surface area contributed by atoms with Crippen LogP contribution < -0.4 is 0 Å². The lowest BCUT2D eigenvalue weighted by atomic mass is 10.6. The van der Waals surface area contributed by atoms with Crippen molar-refractivity contribution in [1.82, 2.24) is 0 Å². The molecule has 0 N–H and O–H groups in total. The zero-order valence-electron chi connectivity index (χ0n) is 8.96. The number of hydrogen-bond donors (Lipinski definition) is 0. The van der Waals surface area contributed by atoms with Gasteiger partial charge in [0.1, 0.15) is 0 Å². The van der Waals surface area contributed by atoms with Crippen LogP contribution in [0.1, 0.15) is 13.3 Å². The van der Waals surface area contributed by atoms with Crippen LogP contribution in [0.3, 0.4) is 0 Å². The van der Waals surface area contributed by atoms with E-state index in [1.54, 1.807) is 0 Å². The predicted molar refractivity (Wildman–Crippen MR) is 62.2 cm³/mol. The summed E-state index contributed by atoms with van der Waals surface area (Å²) in [6.07, 6.45) is 1.26. The minimum absolute atomic E-state index is 0.848. The normalized spacial score (nSPS) is 16.5. The fraction of sp³-hybridized carbons (Fsp3) is 1.00. The van der Waals surface area contributed by atoms with Crippen molar-refractivity contribution in [2.45, 2.75) is 45.6 Å². The molecule has 0 radical (unpaired) electrons. The first-order valence-corrected chi connectivity index (χ1v) is 12.2. The summed E-state index contributed by atoms with van der Waals surface area (Å²) in [5.41, 5.74) is 0. The molecule has 0 aliphatic rings. The van der Waals surface area contributed by atoms with Gasteiger partial charge in [0.05, 0.1) is 0 Å². The van der Waals surface area contributed by atoms with E-state index in [0.717, 1.165) is 0 Å². The van der Waals surface area contributed by atoms with Gasteiger partial charge < -0.3 is 8.23 Å². The maximum absolute atomic E-state index is 5.89. The second-order valence-electron chi connectivity index (χ2n) is 3.49. The topological polar surface area (TPSA) is 18.5 Å². The van der Waals surface area contributed by atoms with Crippen LogP contribution in [0.4, 0.5) is 0 Å². The molecule has 0 amide bonds. The molecule has 0 spiro atoms. The maximum atomic E-state index is 5.89. The highest BCUT2D eigenvalue weighted by Gasteiger charge is 2.12. The largest absolute Gasteiger partial charge is 0.442 e. The standard InChI is InChI=1S/C7H22O2Si3/c1-6-7-11(4)9-12(5)8-10(2)3/h10-12H,6-7H2,1-5H3. The molecule has 0 rings (SSSR count). The Morgan fingerprint density at radius 3 is 2.00 bits per heavy atom. The molecular formula is C7H22O2Si3. The van der Waals surface area contributed by atoms with Crippen molar-refractivity contribution in [3.8, 4) is 0 Å². The van der Waals surface area contributed by atoms with Gasteiger partial charge in [-0.1, -0.05) is 13.3 Å². The van der Waals surface area contributed by atoms with Crippen molar-refractivity contribution in [2.75, 3.05) is 0 Å². The first-order chi connectivity index (χ1) is 5.56.